The van der Waals surface area contributed by atoms with Crippen LogP contribution in [0.25, 0.3) is 17.1 Å². The normalized spacial score (nSPS) is 12.9. The molecule has 1 N–H and O–H groups in total. The summed E-state index contributed by atoms with van der Waals surface area (Å²) in [7, 11) is 1.71. The van der Waals surface area contributed by atoms with Crippen LogP contribution in [0.2, 0.25) is 0 Å². The Kier molecular flexibility index (Phi) is 6.39. The molecule has 0 saturated heterocycles. The number of para-hydroxylation sites is 1. The van der Waals surface area contributed by atoms with Crippen LogP contribution in [0, 0.1) is 12.8 Å². The molecule has 0 bridgehead atoms. The molecule has 0 aliphatic carbocycles. The van der Waals surface area contributed by atoms with Gasteiger partial charge < -0.3 is 10.1 Å². The van der Waals surface area contributed by atoms with Gasteiger partial charge in [0.25, 0.3) is 0 Å². The van der Waals surface area contributed by atoms with Gasteiger partial charge in [0.1, 0.15) is 30.0 Å². The number of hydrogen-bond donors (Lipinski definition) is 1. The van der Waals surface area contributed by atoms with Crippen LogP contribution < -0.4 is 10.1 Å². The van der Waals surface area contributed by atoms with Gasteiger partial charge >= 0.3 is 0 Å². The fraction of sp³-hybridized carbons (Fsp3) is 0.292. The summed E-state index contributed by atoms with van der Waals surface area (Å²) in [5.74, 6) is 3.88. The van der Waals surface area contributed by atoms with Crippen LogP contribution in [0.15, 0.2) is 61.3 Å². The quantitative estimate of drug-likeness (QED) is 0.447. The SMILES string of the molecule is COc1ccccc1C(C)[C@H](C)CNc1cc(-c2ccnc(-n3ncnc3C)c2)ncn1. The molecule has 8 heteroatoms. The van der Waals surface area contributed by atoms with Crippen molar-refractivity contribution in [1.82, 2.24) is 29.7 Å². The van der Waals surface area contributed by atoms with Gasteiger partial charge in [-0.3, -0.25) is 0 Å². The molecule has 0 saturated carbocycles. The molecule has 0 aliphatic rings. The highest BCUT2D eigenvalue weighted by atomic mass is 16.5. The Bertz CT molecular complexity index is 1190. The second kappa shape index (κ2) is 9.55. The summed E-state index contributed by atoms with van der Waals surface area (Å²) < 4.78 is 7.23. The third-order valence-corrected chi connectivity index (χ3v) is 5.73. The zero-order chi connectivity index (χ0) is 22.5. The van der Waals surface area contributed by atoms with E-state index in [1.807, 2.05) is 37.3 Å². The highest BCUT2D eigenvalue weighted by Gasteiger charge is 2.18. The van der Waals surface area contributed by atoms with Gasteiger partial charge in [0.05, 0.1) is 12.8 Å². The molecule has 1 unspecified atom stereocenters. The van der Waals surface area contributed by atoms with Crippen molar-refractivity contribution in [2.45, 2.75) is 26.7 Å². The monoisotopic (exact) mass is 429 g/mol. The van der Waals surface area contributed by atoms with Gasteiger partial charge in [-0.05, 0) is 42.5 Å². The van der Waals surface area contributed by atoms with Gasteiger partial charge in [-0.1, -0.05) is 32.0 Å². The number of pyridine rings is 1. The number of rotatable bonds is 8. The third-order valence-electron chi connectivity index (χ3n) is 5.73. The number of nitrogens with zero attached hydrogens (tertiary/aromatic N) is 6. The fourth-order valence-electron chi connectivity index (χ4n) is 3.62. The molecular weight excluding hydrogens is 402 g/mol. The molecule has 0 aliphatic heterocycles. The van der Waals surface area contributed by atoms with Crippen LogP contribution in [0.4, 0.5) is 5.82 Å². The van der Waals surface area contributed by atoms with Gasteiger partial charge in [0, 0.05) is 24.4 Å². The minimum absolute atomic E-state index is 0.327. The van der Waals surface area contributed by atoms with Crippen molar-refractivity contribution < 1.29 is 4.74 Å². The standard InChI is InChI=1S/C24H27N7O/c1-16(17(2)20-7-5-6-8-22(20)32-4)13-26-23-12-21(28-14-29-23)19-9-10-25-24(11-19)31-18(3)27-15-30-31/h5-12,14-17H,13H2,1-4H3,(H,26,28,29)/t16-,17?/m1/s1. The Morgan fingerprint density at radius 3 is 2.62 bits per heavy atom. The van der Waals surface area contributed by atoms with E-state index in [4.69, 9.17) is 4.74 Å². The average Bonchev–Trinajstić information content (AvgIpc) is 3.28. The first-order valence-corrected chi connectivity index (χ1v) is 10.6. The molecule has 0 amide bonds. The van der Waals surface area contributed by atoms with Crippen molar-refractivity contribution in [2.24, 2.45) is 5.92 Å². The number of methoxy groups -OCH3 is 1. The van der Waals surface area contributed by atoms with E-state index >= 15 is 0 Å². The number of hydrogen-bond acceptors (Lipinski definition) is 7. The van der Waals surface area contributed by atoms with Gasteiger partial charge in [-0.15, -0.1) is 0 Å². The number of benzene rings is 1. The van der Waals surface area contributed by atoms with Gasteiger partial charge in [0.2, 0.25) is 0 Å². The summed E-state index contributed by atoms with van der Waals surface area (Å²) in [5, 5.41) is 7.69. The van der Waals surface area contributed by atoms with E-state index in [1.54, 1.807) is 24.3 Å². The number of anilines is 1. The summed E-state index contributed by atoms with van der Waals surface area (Å²) in [6.07, 6.45) is 4.84. The van der Waals surface area contributed by atoms with Crippen LogP contribution in [0.5, 0.6) is 5.75 Å². The molecule has 2 atom stereocenters. The molecular formula is C24H27N7O. The molecule has 4 rings (SSSR count). The van der Waals surface area contributed by atoms with Gasteiger partial charge in [-0.25, -0.2) is 19.9 Å². The number of ether oxygens (including phenoxy) is 1. The van der Waals surface area contributed by atoms with Crippen LogP contribution in [0.1, 0.15) is 31.2 Å². The largest absolute Gasteiger partial charge is 0.496 e. The maximum atomic E-state index is 5.53. The fourth-order valence-corrected chi connectivity index (χ4v) is 3.62. The molecule has 0 fully saturated rings. The summed E-state index contributed by atoms with van der Waals surface area (Å²) in [6, 6.07) is 14.0. The Balaban J connectivity index is 1.48. The number of aromatic nitrogens is 6. The van der Waals surface area contributed by atoms with E-state index in [2.05, 4.69) is 56.3 Å². The molecule has 8 nitrogen and oxygen atoms in total. The lowest BCUT2D eigenvalue weighted by atomic mass is 9.88. The molecule has 1 aromatic carbocycles. The molecule has 3 heterocycles. The van der Waals surface area contributed by atoms with E-state index in [0.717, 1.165) is 35.2 Å². The Morgan fingerprint density at radius 1 is 1.00 bits per heavy atom. The Labute approximate surface area is 187 Å². The van der Waals surface area contributed by atoms with Crippen LogP contribution >= 0.6 is 0 Å². The van der Waals surface area contributed by atoms with Crippen molar-refractivity contribution >= 4 is 5.82 Å². The minimum atomic E-state index is 0.327. The van der Waals surface area contributed by atoms with Crippen LogP contribution in [0.3, 0.4) is 0 Å². The summed E-state index contributed by atoms with van der Waals surface area (Å²) in [5.41, 5.74) is 2.96. The number of nitrogens with one attached hydrogen (secondary N) is 1. The lowest BCUT2D eigenvalue weighted by Gasteiger charge is -2.23. The van der Waals surface area contributed by atoms with E-state index in [1.165, 1.54) is 11.9 Å². The van der Waals surface area contributed by atoms with Gasteiger partial charge in [-0.2, -0.15) is 9.78 Å². The predicted octanol–water partition coefficient (Wildman–Crippen LogP) is 4.29. The van der Waals surface area contributed by atoms with E-state index in [9.17, 15) is 0 Å². The molecule has 0 radical (unpaired) electrons. The highest BCUT2D eigenvalue weighted by molar-refractivity contribution is 5.63. The first-order valence-electron chi connectivity index (χ1n) is 10.6. The minimum Gasteiger partial charge on any atom is -0.496 e. The molecule has 4 aromatic rings. The van der Waals surface area contributed by atoms with E-state index < -0.39 is 0 Å². The zero-order valence-electron chi connectivity index (χ0n) is 18.7. The van der Waals surface area contributed by atoms with Crippen molar-refractivity contribution in [3.8, 4) is 22.8 Å². The summed E-state index contributed by atoms with van der Waals surface area (Å²) >= 11 is 0. The highest BCUT2D eigenvalue weighted by Crippen LogP contribution is 2.31. The second-order valence-corrected chi connectivity index (χ2v) is 7.80. The molecule has 164 valence electrons. The van der Waals surface area contributed by atoms with E-state index in [0.29, 0.717) is 17.7 Å². The number of aryl methyl sites for hydroxylation is 1. The third kappa shape index (κ3) is 4.59. The first-order chi connectivity index (χ1) is 15.6. The first kappa shape index (κ1) is 21.4. The Morgan fingerprint density at radius 2 is 1.84 bits per heavy atom. The Hall–Kier alpha value is -3.81. The summed E-state index contributed by atoms with van der Waals surface area (Å²) in [4.78, 5) is 17.4. The molecule has 3 aromatic heterocycles. The maximum Gasteiger partial charge on any atom is 0.156 e. The second-order valence-electron chi connectivity index (χ2n) is 7.80. The maximum absolute atomic E-state index is 5.53. The lowest BCUT2D eigenvalue weighted by Crippen LogP contribution is -2.18. The molecule has 32 heavy (non-hydrogen) atoms. The van der Waals surface area contributed by atoms with Crippen LogP contribution in [-0.4, -0.2) is 43.4 Å². The van der Waals surface area contributed by atoms with Crippen molar-refractivity contribution in [3.63, 3.8) is 0 Å². The van der Waals surface area contributed by atoms with E-state index in [-0.39, 0.29) is 0 Å². The average molecular weight is 430 g/mol. The van der Waals surface area contributed by atoms with Crippen molar-refractivity contribution in [2.75, 3.05) is 19.0 Å². The molecule has 0 spiro atoms. The van der Waals surface area contributed by atoms with Crippen LogP contribution in [-0.2, 0) is 0 Å². The van der Waals surface area contributed by atoms with Gasteiger partial charge in [0.15, 0.2) is 5.82 Å². The predicted molar refractivity (Wildman–Crippen MR) is 124 cm³/mol. The summed E-state index contributed by atoms with van der Waals surface area (Å²) in [6.45, 7) is 7.11. The van der Waals surface area contributed by atoms with Crippen molar-refractivity contribution in [3.05, 3.63) is 72.7 Å². The smallest absolute Gasteiger partial charge is 0.156 e. The topological polar surface area (TPSA) is 90.6 Å². The zero-order valence-corrected chi connectivity index (χ0v) is 18.7. The lowest BCUT2D eigenvalue weighted by molar-refractivity contribution is 0.397. The van der Waals surface area contributed by atoms with Crippen molar-refractivity contribution in [1.29, 1.82) is 0 Å².